The van der Waals surface area contributed by atoms with E-state index in [1.54, 1.807) is 23.7 Å². The molecule has 0 saturated carbocycles. The lowest BCUT2D eigenvalue weighted by molar-refractivity contribution is 0.317. The fourth-order valence-corrected chi connectivity index (χ4v) is 3.61. The van der Waals surface area contributed by atoms with Crippen molar-refractivity contribution in [1.29, 1.82) is 0 Å². The van der Waals surface area contributed by atoms with Gasteiger partial charge in [0.15, 0.2) is 0 Å². The number of pyridine rings is 2. The number of anilines is 1. The fourth-order valence-electron chi connectivity index (χ4n) is 2.73. The quantitative estimate of drug-likeness (QED) is 0.574. The molecule has 0 spiro atoms. The molecule has 3 aromatic heterocycles. The largest absolute Gasteiger partial charge is 0.411 e. The van der Waals surface area contributed by atoms with Gasteiger partial charge in [0, 0.05) is 44.2 Å². The van der Waals surface area contributed by atoms with E-state index >= 15 is 0 Å². The number of rotatable bonds is 2. The van der Waals surface area contributed by atoms with Crippen LogP contribution in [0.25, 0.3) is 21.1 Å². The number of fused-ring (bicyclic) bond motifs is 1. The maximum absolute atomic E-state index is 9.25. The van der Waals surface area contributed by atoms with Crippen LogP contribution < -0.4 is 4.90 Å². The van der Waals surface area contributed by atoms with E-state index in [1.165, 1.54) is 0 Å². The SMILES string of the molecule is CN1CC/C(=N\O)c2nc(-c3cnc(-c4cccnc4)s3)ccc21. The standard InChI is InChI=1S/C17H15N5OS/c1-22-8-6-13(21-23)16-14(22)5-4-12(20-16)15-10-19-17(24-15)11-3-2-7-18-9-11/h2-5,7,9-10,23H,6,8H2,1H3/b21-13+. The van der Waals surface area contributed by atoms with E-state index in [4.69, 9.17) is 4.98 Å². The van der Waals surface area contributed by atoms with Gasteiger partial charge in [-0.3, -0.25) is 4.98 Å². The van der Waals surface area contributed by atoms with E-state index < -0.39 is 0 Å². The van der Waals surface area contributed by atoms with Crippen molar-refractivity contribution < 1.29 is 5.21 Å². The Morgan fingerprint density at radius 1 is 1.25 bits per heavy atom. The Hall–Kier alpha value is -2.80. The summed E-state index contributed by atoms with van der Waals surface area (Å²) in [4.78, 5) is 16.4. The topological polar surface area (TPSA) is 74.5 Å². The van der Waals surface area contributed by atoms with Crippen LogP contribution in [-0.4, -0.2) is 39.5 Å². The highest BCUT2D eigenvalue weighted by Gasteiger charge is 2.22. The maximum atomic E-state index is 9.25. The number of oxime groups is 1. The molecular formula is C17H15N5OS. The van der Waals surface area contributed by atoms with Crippen LogP contribution in [0, 0.1) is 0 Å². The Morgan fingerprint density at radius 3 is 2.96 bits per heavy atom. The van der Waals surface area contributed by atoms with Crippen LogP contribution in [0.5, 0.6) is 0 Å². The van der Waals surface area contributed by atoms with Gasteiger partial charge < -0.3 is 10.1 Å². The zero-order valence-corrected chi connectivity index (χ0v) is 13.9. The van der Waals surface area contributed by atoms with E-state index in [2.05, 4.69) is 20.0 Å². The lowest BCUT2D eigenvalue weighted by atomic mass is 10.1. The molecule has 0 bridgehead atoms. The second kappa shape index (κ2) is 6.01. The summed E-state index contributed by atoms with van der Waals surface area (Å²) in [6.45, 7) is 0.819. The van der Waals surface area contributed by atoms with Gasteiger partial charge in [0.25, 0.3) is 0 Å². The average Bonchev–Trinajstić information content (AvgIpc) is 3.13. The average molecular weight is 337 g/mol. The van der Waals surface area contributed by atoms with Crippen LogP contribution in [-0.2, 0) is 0 Å². The summed E-state index contributed by atoms with van der Waals surface area (Å²) >= 11 is 1.57. The first-order valence-electron chi connectivity index (χ1n) is 7.56. The van der Waals surface area contributed by atoms with Crippen LogP contribution in [0.15, 0.2) is 48.0 Å². The smallest absolute Gasteiger partial charge is 0.125 e. The summed E-state index contributed by atoms with van der Waals surface area (Å²) in [6.07, 6.45) is 6.05. The van der Waals surface area contributed by atoms with Crippen molar-refractivity contribution in [3.8, 4) is 21.1 Å². The molecule has 0 atom stereocenters. The molecule has 7 heteroatoms. The maximum Gasteiger partial charge on any atom is 0.125 e. The third kappa shape index (κ3) is 2.52. The molecule has 1 aliphatic heterocycles. The number of hydrogen-bond acceptors (Lipinski definition) is 7. The van der Waals surface area contributed by atoms with Gasteiger partial charge >= 0.3 is 0 Å². The van der Waals surface area contributed by atoms with Crippen molar-refractivity contribution in [3.05, 3.63) is 48.5 Å². The minimum absolute atomic E-state index is 0.627. The summed E-state index contributed by atoms with van der Waals surface area (Å²) in [5, 5.41) is 13.6. The Labute approximate surface area is 143 Å². The summed E-state index contributed by atoms with van der Waals surface area (Å²) in [7, 11) is 2.02. The van der Waals surface area contributed by atoms with Crippen molar-refractivity contribution in [2.24, 2.45) is 5.16 Å². The van der Waals surface area contributed by atoms with Gasteiger partial charge in [0.1, 0.15) is 16.4 Å². The lowest BCUT2D eigenvalue weighted by Crippen LogP contribution is -2.29. The lowest BCUT2D eigenvalue weighted by Gasteiger charge is -2.27. The van der Waals surface area contributed by atoms with Crippen LogP contribution in [0.3, 0.4) is 0 Å². The second-order valence-electron chi connectivity index (χ2n) is 5.55. The van der Waals surface area contributed by atoms with Gasteiger partial charge in [-0.05, 0) is 24.3 Å². The van der Waals surface area contributed by atoms with E-state index in [0.29, 0.717) is 12.1 Å². The molecule has 0 aliphatic carbocycles. The summed E-state index contributed by atoms with van der Waals surface area (Å²) < 4.78 is 0. The molecule has 0 saturated heterocycles. The molecule has 1 aliphatic rings. The molecule has 0 aromatic carbocycles. The van der Waals surface area contributed by atoms with E-state index in [1.807, 2.05) is 37.5 Å². The van der Waals surface area contributed by atoms with Gasteiger partial charge in [0.2, 0.25) is 0 Å². The zero-order valence-electron chi connectivity index (χ0n) is 13.0. The monoisotopic (exact) mass is 337 g/mol. The van der Waals surface area contributed by atoms with Crippen LogP contribution >= 0.6 is 11.3 Å². The Bertz CT molecular complexity index is 906. The van der Waals surface area contributed by atoms with Crippen LogP contribution in [0.1, 0.15) is 12.1 Å². The number of hydrogen-bond donors (Lipinski definition) is 1. The zero-order chi connectivity index (χ0) is 16.5. The van der Waals surface area contributed by atoms with Crippen molar-refractivity contribution in [3.63, 3.8) is 0 Å². The number of nitrogens with zero attached hydrogens (tertiary/aromatic N) is 5. The molecule has 4 rings (SSSR count). The van der Waals surface area contributed by atoms with E-state index in [0.717, 1.165) is 39.1 Å². The highest BCUT2D eigenvalue weighted by atomic mass is 32.1. The molecule has 0 fully saturated rings. The summed E-state index contributed by atoms with van der Waals surface area (Å²) in [5.41, 5.74) is 4.17. The van der Waals surface area contributed by atoms with Gasteiger partial charge in [-0.25, -0.2) is 9.97 Å². The normalized spacial score (nSPS) is 15.5. The molecule has 3 aromatic rings. The van der Waals surface area contributed by atoms with Crippen molar-refractivity contribution in [2.75, 3.05) is 18.5 Å². The Balaban J connectivity index is 1.75. The third-order valence-electron chi connectivity index (χ3n) is 4.03. The van der Waals surface area contributed by atoms with Crippen molar-refractivity contribution in [2.45, 2.75) is 6.42 Å². The highest BCUT2D eigenvalue weighted by Crippen LogP contribution is 2.33. The predicted octanol–water partition coefficient (Wildman–Crippen LogP) is 3.29. The molecule has 4 heterocycles. The molecular weight excluding hydrogens is 322 g/mol. The van der Waals surface area contributed by atoms with Crippen LogP contribution in [0.4, 0.5) is 5.69 Å². The first-order chi connectivity index (χ1) is 11.8. The number of aromatic nitrogens is 3. The molecule has 120 valence electrons. The Morgan fingerprint density at radius 2 is 2.17 bits per heavy atom. The van der Waals surface area contributed by atoms with Crippen molar-refractivity contribution >= 4 is 22.7 Å². The molecule has 1 N–H and O–H groups in total. The fraction of sp³-hybridized carbons (Fsp3) is 0.176. The number of thiazole rings is 1. The molecule has 0 radical (unpaired) electrons. The van der Waals surface area contributed by atoms with Gasteiger partial charge in [-0.2, -0.15) is 0 Å². The molecule has 0 unspecified atom stereocenters. The molecule has 24 heavy (non-hydrogen) atoms. The molecule has 6 nitrogen and oxygen atoms in total. The van der Waals surface area contributed by atoms with E-state index in [9.17, 15) is 5.21 Å². The van der Waals surface area contributed by atoms with Gasteiger partial charge in [-0.15, -0.1) is 11.3 Å². The first-order valence-corrected chi connectivity index (χ1v) is 8.38. The highest BCUT2D eigenvalue weighted by molar-refractivity contribution is 7.18. The van der Waals surface area contributed by atoms with E-state index in [-0.39, 0.29) is 0 Å². The predicted molar refractivity (Wildman–Crippen MR) is 94.8 cm³/mol. The minimum atomic E-state index is 0.627. The Kier molecular flexibility index (Phi) is 3.70. The van der Waals surface area contributed by atoms with Crippen LogP contribution in [0.2, 0.25) is 0 Å². The van der Waals surface area contributed by atoms with Crippen molar-refractivity contribution in [1.82, 2.24) is 15.0 Å². The first kappa shape index (κ1) is 14.8. The molecule has 0 amide bonds. The van der Waals surface area contributed by atoms with Gasteiger partial charge in [-0.1, -0.05) is 5.16 Å². The summed E-state index contributed by atoms with van der Waals surface area (Å²) in [6, 6.07) is 7.89. The summed E-state index contributed by atoms with van der Waals surface area (Å²) in [5.74, 6) is 0. The second-order valence-corrected chi connectivity index (χ2v) is 6.58. The third-order valence-corrected chi connectivity index (χ3v) is 5.10. The minimum Gasteiger partial charge on any atom is -0.411 e. The van der Waals surface area contributed by atoms with Gasteiger partial charge in [0.05, 0.1) is 16.3 Å².